The largest absolute Gasteiger partial charge is 0.346 e. The summed E-state index contributed by atoms with van der Waals surface area (Å²) in [6, 6.07) is 4.32. The molecule has 0 aliphatic carbocycles. The van der Waals surface area contributed by atoms with Crippen molar-refractivity contribution in [2.75, 3.05) is 0 Å². The average molecular weight is 294 g/mol. The van der Waals surface area contributed by atoms with E-state index in [0.717, 1.165) is 28.7 Å². The lowest BCUT2D eigenvalue weighted by molar-refractivity contribution is 0.323. The lowest BCUT2D eigenvalue weighted by atomic mass is 9.97. The van der Waals surface area contributed by atoms with Crippen LogP contribution in [0.15, 0.2) is 31.0 Å². The van der Waals surface area contributed by atoms with E-state index in [1.165, 1.54) is 0 Å². The Kier molecular flexibility index (Phi) is 3.88. The maximum Gasteiger partial charge on any atom is 0.141 e. The minimum absolute atomic E-state index is 0.0901. The summed E-state index contributed by atoms with van der Waals surface area (Å²) >= 11 is 0. The number of fused-ring (bicyclic) bond motifs is 1. The van der Waals surface area contributed by atoms with Crippen LogP contribution in [-0.4, -0.2) is 24.7 Å². The van der Waals surface area contributed by atoms with Crippen molar-refractivity contribution < 1.29 is 0 Å². The van der Waals surface area contributed by atoms with Gasteiger partial charge in [0.15, 0.2) is 0 Å². The molecule has 0 radical (unpaired) electrons. The van der Waals surface area contributed by atoms with Crippen LogP contribution in [0.5, 0.6) is 0 Å². The van der Waals surface area contributed by atoms with E-state index in [1.807, 2.05) is 29.3 Å². The van der Waals surface area contributed by atoms with Crippen molar-refractivity contribution >= 4 is 11.0 Å². The van der Waals surface area contributed by atoms with E-state index in [9.17, 15) is 0 Å². The van der Waals surface area contributed by atoms with Gasteiger partial charge >= 0.3 is 0 Å². The Hall–Kier alpha value is -2.68. The average Bonchev–Trinajstić information content (AvgIpc) is 3.20. The quantitative estimate of drug-likeness (QED) is 0.782. The summed E-state index contributed by atoms with van der Waals surface area (Å²) in [6.45, 7) is 4.28. The number of nitrogens with zero attached hydrogens (tertiary/aromatic N) is 5. The maximum atomic E-state index is 9.06. The van der Waals surface area contributed by atoms with Crippen molar-refractivity contribution in [1.29, 1.82) is 5.26 Å². The molecule has 3 heterocycles. The molecule has 2 unspecified atom stereocenters. The maximum absolute atomic E-state index is 9.06. The summed E-state index contributed by atoms with van der Waals surface area (Å²) in [4.78, 5) is 11.7. The molecule has 2 atom stereocenters. The van der Waals surface area contributed by atoms with Crippen LogP contribution in [0.1, 0.15) is 32.7 Å². The second-order valence-corrected chi connectivity index (χ2v) is 5.49. The van der Waals surface area contributed by atoms with Crippen LogP contribution < -0.4 is 0 Å². The lowest BCUT2D eigenvalue weighted by Gasteiger charge is -2.20. The predicted molar refractivity (Wildman–Crippen MR) is 83.8 cm³/mol. The molecule has 22 heavy (non-hydrogen) atoms. The van der Waals surface area contributed by atoms with Crippen LogP contribution in [0.3, 0.4) is 0 Å². The molecule has 0 aromatic carbocycles. The first-order valence-electron chi connectivity index (χ1n) is 7.44. The summed E-state index contributed by atoms with van der Waals surface area (Å²) in [5, 5.41) is 14.5. The standard InChI is InChI=1S/C16H18N6/c1-3-11(2)14(4-6-17)22-9-12(8-21-22)15-13-5-7-18-16(13)20-10-19-15/h5,7-11,14H,3-4H2,1-2H3,(H,18,19,20). The Labute approximate surface area is 128 Å². The Morgan fingerprint density at radius 1 is 1.41 bits per heavy atom. The lowest BCUT2D eigenvalue weighted by Crippen LogP contribution is -2.16. The topological polar surface area (TPSA) is 83.2 Å². The van der Waals surface area contributed by atoms with Crippen LogP contribution in [0.4, 0.5) is 0 Å². The highest BCUT2D eigenvalue weighted by molar-refractivity contribution is 5.89. The Morgan fingerprint density at radius 2 is 2.27 bits per heavy atom. The minimum Gasteiger partial charge on any atom is -0.346 e. The number of aromatic nitrogens is 5. The monoisotopic (exact) mass is 294 g/mol. The fraction of sp³-hybridized carbons (Fsp3) is 0.375. The van der Waals surface area contributed by atoms with Gasteiger partial charge in [0.25, 0.3) is 0 Å². The number of nitriles is 1. The summed E-state index contributed by atoms with van der Waals surface area (Å²) in [7, 11) is 0. The van der Waals surface area contributed by atoms with Crippen LogP contribution in [-0.2, 0) is 0 Å². The van der Waals surface area contributed by atoms with Crippen molar-refractivity contribution in [3.8, 4) is 17.3 Å². The van der Waals surface area contributed by atoms with Gasteiger partial charge in [-0.05, 0) is 12.0 Å². The number of nitrogens with one attached hydrogen (secondary N) is 1. The van der Waals surface area contributed by atoms with Gasteiger partial charge in [-0.2, -0.15) is 10.4 Å². The highest BCUT2D eigenvalue weighted by atomic mass is 15.3. The van der Waals surface area contributed by atoms with E-state index in [1.54, 1.807) is 6.33 Å². The van der Waals surface area contributed by atoms with Gasteiger partial charge in [0.1, 0.15) is 12.0 Å². The second-order valence-electron chi connectivity index (χ2n) is 5.49. The van der Waals surface area contributed by atoms with Crippen LogP contribution in [0.2, 0.25) is 0 Å². The van der Waals surface area contributed by atoms with Gasteiger partial charge in [-0.3, -0.25) is 4.68 Å². The van der Waals surface area contributed by atoms with Gasteiger partial charge < -0.3 is 4.98 Å². The smallest absolute Gasteiger partial charge is 0.141 e. The Morgan fingerprint density at radius 3 is 3.05 bits per heavy atom. The van der Waals surface area contributed by atoms with Crippen molar-refractivity contribution in [2.24, 2.45) is 5.92 Å². The van der Waals surface area contributed by atoms with E-state index < -0.39 is 0 Å². The molecule has 0 bridgehead atoms. The van der Waals surface area contributed by atoms with Gasteiger partial charge in [0.2, 0.25) is 0 Å². The minimum atomic E-state index is 0.0901. The first-order chi connectivity index (χ1) is 10.7. The molecule has 1 N–H and O–H groups in total. The number of hydrogen-bond acceptors (Lipinski definition) is 4. The van der Waals surface area contributed by atoms with E-state index >= 15 is 0 Å². The molecule has 3 rings (SSSR count). The zero-order valence-corrected chi connectivity index (χ0v) is 12.7. The number of H-pyrrole nitrogens is 1. The number of rotatable bonds is 5. The number of aromatic amines is 1. The highest BCUT2D eigenvalue weighted by Gasteiger charge is 2.19. The summed E-state index contributed by atoms with van der Waals surface area (Å²) < 4.78 is 1.90. The molecule has 112 valence electrons. The summed E-state index contributed by atoms with van der Waals surface area (Å²) in [6.07, 6.45) is 8.65. The fourth-order valence-electron chi connectivity index (χ4n) is 2.67. The van der Waals surface area contributed by atoms with Gasteiger partial charge in [0.05, 0.1) is 30.4 Å². The third kappa shape index (κ3) is 2.46. The normalized spacial score (nSPS) is 13.9. The fourth-order valence-corrected chi connectivity index (χ4v) is 2.67. The molecule has 0 amide bonds. The van der Waals surface area contributed by atoms with Crippen LogP contribution in [0, 0.1) is 17.2 Å². The van der Waals surface area contributed by atoms with Crippen molar-refractivity contribution in [2.45, 2.75) is 32.7 Å². The summed E-state index contributed by atoms with van der Waals surface area (Å²) in [5.74, 6) is 0.394. The third-order valence-electron chi connectivity index (χ3n) is 4.17. The molecule has 0 saturated heterocycles. The van der Waals surface area contributed by atoms with E-state index in [4.69, 9.17) is 5.26 Å². The molecule has 0 saturated carbocycles. The zero-order valence-electron chi connectivity index (χ0n) is 12.7. The van der Waals surface area contributed by atoms with Crippen molar-refractivity contribution in [3.63, 3.8) is 0 Å². The summed E-state index contributed by atoms with van der Waals surface area (Å²) in [5.41, 5.74) is 2.61. The SMILES string of the molecule is CCC(C)C(CC#N)n1cc(-c2ncnc3[nH]ccc23)cn1. The molecular weight excluding hydrogens is 276 g/mol. The first-order valence-corrected chi connectivity index (χ1v) is 7.44. The molecule has 3 aromatic rings. The highest BCUT2D eigenvalue weighted by Crippen LogP contribution is 2.28. The molecule has 0 fully saturated rings. The Bertz CT molecular complexity index is 809. The first kappa shape index (κ1) is 14.3. The second kappa shape index (κ2) is 5.98. The molecular formula is C16H18N6. The van der Waals surface area contributed by atoms with Crippen molar-refractivity contribution in [1.82, 2.24) is 24.7 Å². The molecule has 0 aliphatic heterocycles. The van der Waals surface area contributed by atoms with Crippen LogP contribution >= 0.6 is 0 Å². The van der Waals surface area contributed by atoms with E-state index in [0.29, 0.717) is 12.3 Å². The van der Waals surface area contributed by atoms with Crippen LogP contribution in [0.25, 0.3) is 22.3 Å². The van der Waals surface area contributed by atoms with Gasteiger partial charge in [-0.1, -0.05) is 20.3 Å². The molecule has 0 spiro atoms. The third-order valence-corrected chi connectivity index (χ3v) is 4.17. The molecule has 3 aromatic heterocycles. The van der Waals surface area contributed by atoms with Gasteiger partial charge in [-0.15, -0.1) is 0 Å². The predicted octanol–water partition coefficient (Wildman–Crippen LogP) is 3.32. The number of hydrogen-bond donors (Lipinski definition) is 1. The van der Waals surface area contributed by atoms with E-state index in [2.05, 4.69) is 40.0 Å². The molecule has 6 nitrogen and oxygen atoms in total. The Balaban J connectivity index is 2.00. The zero-order chi connectivity index (χ0) is 15.5. The van der Waals surface area contributed by atoms with Gasteiger partial charge in [-0.25, -0.2) is 9.97 Å². The molecule has 0 aliphatic rings. The van der Waals surface area contributed by atoms with Gasteiger partial charge in [0, 0.05) is 23.3 Å². The van der Waals surface area contributed by atoms with Crippen molar-refractivity contribution in [3.05, 3.63) is 31.0 Å². The van der Waals surface area contributed by atoms with E-state index in [-0.39, 0.29) is 6.04 Å². The molecule has 6 heteroatoms.